The van der Waals surface area contributed by atoms with Gasteiger partial charge in [-0.1, -0.05) is 12.1 Å². The molecule has 0 aromatic heterocycles. The number of ether oxygens (including phenoxy) is 3. The van der Waals surface area contributed by atoms with E-state index >= 15 is 0 Å². The van der Waals surface area contributed by atoms with Crippen molar-refractivity contribution in [1.29, 1.82) is 0 Å². The van der Waals surface area contributed by atoms with Crippen molar-refractivity contribution in [3.63, 3.8) is 0 Å². The number of hydrogen-bond acceptors (Lipinski definition) is 5. The number of fused-ring (bicyclic) bond motifs is 1. The summed E-state index contributed by atoms with van der Waals surface area (Å²) in [4.78, 5) is 12.2. The molecule has 0 unspecified atom stereocenters. The average molecular weight is 312 g/mol. The molecule has 2 aromatic carbocycles. The second kappa shape index (κ2) is 6.44. The fourth-order valence-corrected chi connectivity index (χ4v) is 2.26. The minimum Gasteiger partial charge on any atom is -0.507 e. The number of allylic oxidation sites excluding steroid dienone is 1. The maximum atomic E-state index is 12.2. The average Bonchev–Trinajstić information content (AvgIpc) is 2.60. The SMILES string of the molecule is COc1ccc(O)c(C(=O)/C=C/c2ccc3c(c2)OCCO3)c1. The normalized spacial score (nSPS) is 13.1. The third kappa shape index (κ3) is 3.29. The molecule has 0 aliphatic carbocycles. The van der Waals surface area contributed by atoms with E-state index < -0.39 is 0 Å². The van der Waals surface area contributed by atoms with Gasteiger partial charge in [0.1, 0.15) is 24.7 Å². The number of carbonyl (C=O) groups excluding carboxylic acids is 1. The van der Waals surface area contributed by atoms with Gasteiger partial charge in [0, 0.05) is 0 Å². The predicted octanol–water partition coefficient (Wildman–Crippen LogP) is 3.07. The van der Waals surface area contributed by atoms with Gasteiger partial charge in [-0.25, -0.2) is 0 Å². The first-order chi connectivity index (χ1) is 11.2. The third-order valence-corrected chi connectivity index (χ3v) is 3.46. The molecule has 1 heterocycles. The fraction of sp³-hybridized carbons (Fsp3) is 0.167. The van der Waals surface area contributed by atoms with Crippen LogP contribution in [-0.4, -0.2) is 31.2 Å². The van der Waals surface area contributed by atoms with Crippen molar-refractivity contribution in [2.45, 2.75) is 0 Å². The van der Waals surface area contributed by atoms with Gasteiger partial charge in [0.15, 0.2) is 17.3 Å². The van der Waals surface area contributed by atoms with Crippen LogP contribution < -0.4 is 14.2 Å². The Balaban J connectivity index is 1.81. The number of benzene rings is 2. The van der Waals surface area contributed by atoms with E-state index in [0.717, 1.165) is 5.56 Å². The van der Waals surface area contributed by atoms with E-state index in [-0.39, 0.29) is 17.1 Å². The number of aromatic hydroxyl groups is 1. The lowest BCUT2D eigenvalue weighted by molar-refractivity contribution is 0.104. The van der Waals surface area contributed by atoms with Crippen LogP contribution in [0.25, 0.3) is 6.08 Å². The number of carbonyl (C=O) groups is 1. The van der Waals surface area contributed by atoms with Crippen LogP contribution in [0.2, 0.25) is 0 Å². The van der Waals surface area contributed by atoms with E-state index in [1.54, 1.807) is 12.1 Å². The van der Waals surface area contributed by atoms with Crippen LogP contribution in [-0.2, 0) is 0 Å². The Kier molecular flexibility index (Phi) is 4.19. The Morgan fingerprint density at radius 2 is 1.91 bits per heavy atom. The van der Waals surface area contributed by atoms with Crippen LogP contribution in [0.15, 0.2) is 42.5 Å². The van der Waals surface area contributed by atoms with E-state index in [4.69, 9.17) is 14.2 Å². The Bertz CT molecular complexity index is 764. The molecule has 3 rings (SSSR count). The van der Waals surface area contributed by atoms with Crippen LogP contribution in [0, 0.1) is 0 Å². The number of hydrogen-bond donors (Lipinski definition) is 1. The lowest BCUT2D eigenvalue weighted by Crippen LogP contribution is -2.15. The Morgan fingerprint density at radius 3 is 2.70 bits per heavy atom. The van der Waals surface area contributed by atoms with Gasteiger partial charge in [-0.3, -0.25) is 4.79 Å². The van der Waals surface area contributed by atoms with Crippen LogP contribution in [0.5, 0.6) is 23.0 Å². The monoisotopic (exact) mass is 312 g/mol. The van der Waals surface area contributed by atoms with Gasteiger partial charge in [-0.2, -0.15) is 0 Å². The maximum absolute atomic E-state index is 12.2. The number of rotatable bonds is 4. The summed E-state index contributed by atoms with van der Waals surface area (Å²) in [6.45, 7) is 1.05. The summed E-state index contributed by atoms with van der Waals surface area (Å²) < 4.78 is 16.0. The van der Waals surface area contributed by atoms with Gasteiger partial charge in [-0.05, 0) is 42.0 Å². The maximum Gasteiger partial charge on any atom is 0.189 e. The number of methoxy groups -OCH3 is 1. The van der Waals surface area contributed by atoms with E-state index in [1.165, 1.54) is 25.3 Å². The topological polar surface area (TPSA) is 65.0 Å². The molecule has 2 aromatic rings. The van der Waals surface area contributed by atoms with Crippen molar-refractivity contribution in [2.75, 3.05) is 20.3 Å². The predicted molar refractivity (Wildman–Crippen MR) is 85.5 cm³/mol. The molecule has 0 bridgehead atoms. The Morgan fingerprint density at radius 1 is 1.13 bits per heavy atom. The molecule has 0 atom stereocenters. The minimum absolute atomic E-state index is 0.0809. The van der Waals surface area contributed by atoms with Gasteiger partial charge in [-0.15, -0.1) is 0 Å². The highest BCUT2D eigenvalue weighted by Gasteiger charge is 2.12. The van der Waals surface area contributed by atoms with Gasteiger partial charge in [0.25, 0.3) is 0 Å². The Hall–Kier alpha value is -2.95. The van der Waals surface area contributed by atoms with Crippen molar-refractivity contribution < 1.29 is 24.1 Å². The highest BCUT2D eigenvalue weighted by molar-refractivity contribution is 6.08. The number of phenols is 1. The van der Waals surface area contributed by atoms with E-state index in [1.807, 2.05) is 18.2 Å². The molecule has 1 aliphatic rings. The zero-order valence-corrected chi connectivity index (χ0v) is 12.6. The zero-order chi connectivity index (χ0) is 16.2. The van der Waals surface area contributed by atoms with Crippen molar-refractivity contribution in [1.82, 2.24) is 0 Å². The largest absolute Gasteiger partial charge is 0.507 e. The molecule has 1 N–H and O–H groups in total. The van der Waals surface area contributed by atoms with Gasteiger partial charge >= 0.3 is 0 Å². The molecule has 0 amide bonds. The van der Waals surface area contributed by atoms with Gasteiger partial charge in [0.2, 0.25) is 0 Å². The van der Waals surface area contributed by atoms with Crippen molar-refractivity contribution in [3.05, 3.63) is 53.6 Å². The molecule has 5 nitrogen and oxygen atoms in total. The molecule has 1 aliphatic heterocycles. The summed E-state index contributed by atoms with van der Waals surface area (Å²) >= 11 is 0. The summed E-state index contributed by atoms with van der Waals surface area (Å²) in [5.41, 5.74) is 1.00. The van der Waals surface area contributed by atoms with Crippen LogP contribution in [0.4, 0.5) is 0 Å². The lowest BCUT2D eigenvalue weighted by atomic mass is 10.1. The molecule has 0 saturated carbocycles. The summed E-state index contributed by atoms with van der Waals surface area (Å²) in [5, 5.41) is 9.81. The highest BCUT2D eigenvalue weighted by Crippen LogP contribution is 2.31. The molecule has 23 heavy (non-hydrogen) atoms. The first kappa shape index (κ1) is 15.0. The lowest BCUT2D eigenvalue weighted by Gasteiger charge is -2.18. The molecule has 0 radical (unpaired) electrons. The van der Waals surface area contributed by atoms with Crippen molar-refractivity contribution in [2.24, 2.45) is 0 Å². The summed E-state index contributed by atoms with van der Waals surface area (Å²) in [6, 6.07) is 9.99. The van der Waals surface area contributed by atoms with E-state index in [2.05, 4.69) is 0 Å². The zero-order valence-electron chi connectivity index (χ0n) is 12.6. The highest BCUT2D eigenvalue weighted by atomic mass is 16.6. The van der Waals surface area contributed by atoms with E-state index in [0.29, 0.717) is 30.5 Å². The molecular weight excluding hydrogens is 296 g/mol. The molecule has 0 saturated heterocycles. The van der Waals surface area contributed by atoms with Crippen LogP contribution in [0.1, 0.15) is 15.9 Å². The quantitative estimate of drug-likeness (QED) is 0.694. The second-order valence-electron chi connectivity index (χ2n) is 4.98. The van der Waals surface area contributed by atoms with Crippen LogP contribution in [0.3, 0.4) is 0 Å². The third-order valence-electron chi connectivity index (χ3n) is 3.46. The molecule has 118 valence electrons. The molecule has 5 heteroatoms. The summed E-state index contributed by atoms with van der Waals surface area (Å²) in [6.07, 6.45) is 3.07. The second-order valence-corrected chi connectivity index (χ2v) is 4.98. The standard InChI is InChI=1S/C18H16O5/c1-21-13-4-6-16(20)14(11-13)15(19)5-2-12-3-7-17-18(10-12)23-9-8-22-17/h2-7,10-11,20H,8-9H2,1H3/b5-2+. The number of phenolic OH excluding ortho intramolecular Hbond substituents is 1. The first-order valence-corrected chi connectivity index (χ1v) is 7.16. The summed E-state index contributed by atoms with van der Waals surface area (Å²) in [7, 11) is 1.51. The summed E-state index contributed by atoms with van der Waals surface area (Å²) in [5.74, 6) is 1.48. The Labute approximate surface area is 133 Å². The van der Waals surface area contributed by atoms with Crippen LogP contribution >= 0.6 is 0 Å². The molecule has 0 fully saturated rings. The fourth-order valence-electron chi connectivity index (χ4n) is 2.26. The van der Waals surface area contributed by atoms with Gasteiger partial charge in [0.05, 0.1) is 12.7 Å². The molecular formula is C18H16O5. The minimum atomic E-state index is -0.309. The number of ketones is 1. The van der Waals surface area contributed by atoms with E-state index in [9.17, 15) is 9.90 Å². The van der Waals surface area contributed by atoms with Crippen molar-refractivity contribution in [3.8, 4) is 23.0 Å². The smallest absolute Gasteiger partial charge is 0.189 e. The first-order valence-electron chi connectivity index (χ1n) is 7.16. The molecule has 0 spiro atoms. The van der Waals surface area contributed by atoms with Gasteiger partial charge < -0.3 is 19.3 Å². The van der Waals surface area contributed by atoms with Crippen molar-refractivity contribution >= 4 is 11.9 Å².